The van der Waals surface area contributed by atoms with Crippen molar-refractivity contribution in [3.63, 3.8) is 0 Å². The van der Waals surface area contributed by atoms with E-state index in [1.54, 1.807) is 0 Å². The van der Waals surface area contributed by atoms with Crippen LogP contribution in [0.3, 0.4) is 0 Å². The molecule has 0 unspecified atom stereocenters. The van der Waals surface area contributed by atoms with Crippen LogP contribution < -0.4 is 5.32 Å². The van der Waals surface area contributed by atoms with Gasteiger partial charge < -0.3 is 14.8 Å². The van der Waals surface area contributed by atoms with Gasteiger partial charge in [-0.2, -0.15) is 0 Å². The Bertz CT molecular complexity index is 835. The zero-order chi connectivity index (χ0) is 20.5. The maximum Gasteiger partial charge on any atom is 0.243 e. The largest absolute Gasteiger partial charge is 0.353 e. The highest BCUT2D eigenvalue weighted by atomic mass is 16.2. The molecule has 0 aliphatic carbocycles. The van der Waals surface area contributed by atoms with Crippen molar-refractivity contribution in [1.29, 1.82) is 0 Å². The third-order valence-electron chi connectivity index (χ3n) is 5.55. The second kappa shape index (κ2) is 10.8. The highest BCUT2D eigenvalue weighted by Gasteiger charge is 2.19. The van der Waals surface area contributed by atoms with Gasteiger partial charge in [-0.05, 0) is 43.9 Å². The number of aryl methyl sites for hydroxylation is 1. The van der Waals surface area contributed by atoms with Crippen LogP contribution in [-0.2, 0) is 22.6 Å². The number of benzene rings is 1. The molecule has 1 aromatic heterocycles. The molecule has 1 fully saturated rings. The van der Waals surface area contributed by atoms with Crippen molar-refractivity contribution in [2.45, 2.75) is 57.9 Å². The summed E-state index contributed by atoms with van der Waals surface area (Å²) in [4.78, 5) is 31.0. The number of para-hydroxylation sites is 2. The van der Waals surface area contributed by atoms with Gasteiger partial charge in [-0.25, -0.2) is 4.98 Å². The predicted octanol–water partition coefficient (Wildman–Crippen LogP) is 3.45. The maximum atomic E-state index is 13.0. The minimum atomic E-state index is -0.126. The van der Waals surface area contributed by atoms with E-state index in [0.717, 1.165) is 68.5 Å². The Labute approximate surface area is 173 Å². The normalized spacial score (nSPS) is 14.6. The Morgan fingerprint density at radius 3 is 2.59 bits per heavy atom. The number of nitrogens with zero attached hydrogens (tertiary/aromatic N) is 3. The summed E-state index contributed by atoms with van der Waals surface area (Å²) in [5.74, 6) is 1.05. The summed E-state index contributed by atoms with van der Waals surface area (Å²) in [5, 5.41) is 2.80. The summed E-state index contributed by atoms with van der Waals surface area (Å²) in [6, 6.07) is 8.05. The number of imidazole rings is 1. The van der Waals surface area contributed by atoms with Crippen molar-refractivity contribution in [3.8, 4) is 0 Å². The Hall–Kier alpha value is -2.63. The monoisotopic (exact) mass is 396 g/mol. The standard InChI is InChI=1S/C23H32N4O2/c1-2-22(28)24-15-9-5-6-14-21-25-19-12-7-8-13-20(19)27(21)18-23(29)26-16-10-3-4-11-17-26/h2,7-8,12-13H,1,3-6,9-11,14-18H2,(H,24,28). The van der Waals surface area contributed by atoms with E-state index < -0.39 is 0 Å². The van der Waals surface area contributed by atoms with Crippen LogP contribution >= 0.6 is 0 Å². The van der Waals surface area contributed by atoms with Crippen molar-refractivity contribution in [1.82, 2.24) is 19.8 Å². The van der Waals surface area contributed by atoms with Crippen molar-refractivity contribution >= 4 is 22.8 Å². The number of aromatic nitrogens is 2. The van der Waals surface area contributed by atoms with Crippen LogP contribution in [0.25, 0.3) is 11.0 Å². The van der Waals surface area contributed by atoms with Crippen molar-refractivity contribution < 1.29 is 9.59 Å². The first-order chi connectivity index (χ1) is 14.2. The Kier molecular flexibility index (Phi) is 7.85. The number of carbonyl (C=O) groups excluding carboxylic acids is 2. The molecule has 0 atom stereocenters. The molecule has 1 aliphatic heterocycles. The summed E-state index contributed by atoms with van der Waals surface area (Å²) in [6.45, 7) is 6.23. The Balaban J connectivity index is 1.62. The molecule has 1 aliphatic rings. The number of rotatable bonds is 9. The lowest BCUT2D eigenvalue weighted by Crippen LogP contribution is -2.34. The van der Waals surface area contributed by atoms with Gasteiger partial charge in [-0.3, -0.25) is 9.59 Å². The summed E-state index contributed by atoms with van der Waals surface area (Å²) >= 11 is 0. The Morgan fingerprint density at radius 1 is 1.07 bits per heavy atom. The van der Waals surface area contributed by atoms with Crippen LogP contribution in [0.1, 0.15) is 50.8 Å². The lowest BCUT2D eigenvalue weighted by atomic mass is 10.2. The van der Waals surface area contributed by atoms with E-state index in [9.17, 15) is 9.59 Å². The fraction of sp³-hybridized carbons (Fsp3) is 0.522. The highest BCUT2D eigenvalue weighted by Crippen LogP contribution is 2.19. The van der Waals surface area contributed by atoms with Crippen molar-refractivity contribution in [2.24, 2.45) is 0 Å². The molecule has 1 aromatic carbocycles. The summed E-state index contributed by atoms with van der Waals surface area (Å²) in [6.07, 6.45) is 9.67. The zero-order valence-corrected chi connectivity index (χ0v) is 17.2. The smallest absolute Gasteiger partial charge is 0.243 e. The second-order valence-electron chi connectivity index (χ2n) is 7.70. The number of carbonyl (C=O) groups is 2. The van der Waals surface area contributed by atoms with Crippen LogP contribution in [0.2, 0.25) is 0 Å². The minimum absolute atomic E-state index is 0.126. The quantitative estimate of drug-likeness (QED) is 0.521. The lowest BCUT2D eigenvalue weighted by molar-refractivity contribution is -0.131. The molecule has 2 heterocycles. The second-order valence-corrected chi connectivity index (χ2v) is 7.70. The fourth-order valence-corrected chi connectivity index (χ4v) is 3.92. The number of fused-ring (bicyclic) bond motifs is 1. The first-order valence-corrected chi connectivity index (χ1v) is 10.8. The molecule has 0 saturated carbocycles. The minimum Gasteiger partial charge on any atom is -0.353 e. The number of hydrogen-bond acceptors (Lipinski definition) is 3. The van der Waals surface area contributed by atoms with Crippen LogP contribution in [0.15, 0.2) is 36.9 Å². The molecular formula is C23H32N4O2. The van der Waals surface area contributed by atoms with Gasteiger partial charge in [0.2, 0.25) is 11.8 Å². The third kappa shape index (κ3) is 5.92. The van der Waals surface area contributed by atoms with E-state index in [1.165, 1.54) is 18.9 Å². The summed E-state index contributed by atoms with van der Waals surface area (Å²) < 4.78 is 2.10. The lowest BCUT2D eigenvalue weighted by Gasteiger charge is -2.21. The van der Waals surface area contributed by atoms with Gasteiger partial charge in [0.25, 0.3) is 0 Å². The van der Waals surface area contributed by atoms with Crippen LogP contribution in [0, 0.1) is 0 Å². The molecule has 0 radical (unpaired) electrons. The summed E-state index contributed by atoms with van der Waals surface area (Å²) in [7, 11) is 0. The number of unbranched alkanes of at least 4 members (excludes halogenated alkanes) is 2. The molecule has 0 spiro atoms. The molecule has 2 aromatic rings. The van der Waals surface area contributed by atoms with E-state index in [4.69, 9.17) is 4.98 Å². The van der Waals surface area contributed by atoms with Gasteiger partial charge in [0, 0.05) is 26.1 Å². The molecule has 156 valence electrons. The first kappa shape index (κ1) is 21.1. The molecule has 6 nitrogen and oxygen atoms in total. The molecule has 29 heavy (non-hydrogen) atoms. The average Bonchev–Trinajstić information content (AvgIpc) is 2.90. The zero-order valence-electron chi connectivity index (χ0n) is 17.2. The molecule has 0 bridgehead atoms. The van der Waals surface area contributed by atoms with Gasteiger partial charge in [-0.1, -0.05) is 38.0 Å². The van der Waals surface area contributed by atoms with Gasteiger partial charge in [0.15, 0.2) is 0 Å². The van der Waals surface area contributed by atoms with E-state index in [-0.39, 0.29) is 11.8 Å². The van der Waals surface area contributed by atoms with Crippen molar-refractivity contribution in [3.05, 3.63) is 42.7 Å². The van der Waals surface area contributed by atoms with E-state index >= 15 is 0 Å². The van der Waals surface area contributed by atoms with Crippen LogP contribution in [0.4, 0.5) is 0 Å². The number of hydrogen-bond donors (Lipinski definition) is 1. The predicted molar refractivity (Wildman–Crippen MR) is 116 cm³/mol. The maximum absolute atomic E-state index is 13.0. The molecule has 1 N–H and O–H groups in total. The Morgan fingerprint density at radius 2 is 1.83 bits per heavy atom. The number of amides is 2. The van der Waals surface area contributed by atoms with Gasteiger partial charge in [0.1, 0.15) is 12.4 Å². The topological polar surface area (TPSA) is 67.2 Å². The first-order valence-electron chi connectivity index (χ1n) is 10.8. The average molecular weight is 397 g/mol. The number of likely N-dealkylation sites (tertiary alicyclic amines) is 1. The number of nitrogens with one attached hydrogen (secondary N) is 1. The fourth-order valence-electron chi connectivity index (χ4n) is 3.92. The highest BCUT2D eigenvalue weighted by molar-refractivity contribution is 5.86. The van der Waals surface area contributed by atoms with Gasteiger partial charge >= 0.3 is 0 Å². The van der Waals surface area contributed by atoms with Crippen molar-refractivity contribution in [2.75, 3.05) is 19.6 Å². The van der Waals surface area contributed by atoms with Crippen LogP contribution in [-0.4, -0.2) is 45.9 Å². The molecule has 1 saturated heterocycles. The van der Waals surface area contributed by atoms with Gasteiger partial charge in [-0.15, -0.1) is 0 Å². The van der Waals surface area contributed by atoms with E-state index in [1.807, 2.05) is 29.2 Å². The molecule has 3 rings (SSSR count). The SMILES string of the molecule is C=CC(=O)NCCCCCc1nc2ccccc2n1CC(=O)N1CCCCCC1. The molecule has 6 heteroatoms. The third-order valence-corrected chi connectivity index (χ3v) is 5.55. The van der Waals surface area contributed by atoms with Crippen LogP contribution in [0.5, 0.6) is 0 Å². The van der Waals surface area contributed by atoms with Gasteiger partial charge in [0.05, 0.1) is 11.0 Å². The molecule has 2 amide bonds. The summed E-state index contributed by atoms with van der Waals surface area (Å²) in [5.41, 5.74) is 1.98. The molecular weight excluding hydrogens is 364 g/mol. The van der Waals surface area contributed by atoms with E-state index in [0.29, 0.717) is 13.1 Å². The van der Waals surface area contributed by atoms with E-state index in [2.05, 4.69) is 16.5 Å².